The van der Waals surface area contributed by atoms with E-state index in [4.69, 9.17) is 9.47 Å². The van der Waals surface area contributed by atoms with Crippen molar-refractivity contribution in [1.29, 1.82) is 0 Å². The lowest BCUT2D eigenvalue weighted by molar-refractivity contribution is -0.384. The number of nitro benzene ring substituents is 1. The van der Waals surface area contributed by atoms with E-state index in [0.717, 1.165) is 0 Å². The van der Waals surface area contributed by atoms with Gasteiger partial charge >= 0.3 is 0 Å². The third-order valence-corrected chi connectivity index (χ3v) is 6.82. The van der Waals surface area contributed by atoms with Gasteiger partial charge in [0, 0.05) is 43.9 Å². The lowest BCUT2D eigenvalue weighted by atomic mass is 10.1. The van der Waals surface area contributed by atoms with E-state index >= 15 is 0 Å². The lowest BCUT2D eigenvalue weighted by Crippen LogP contribution is -2.48. The smallest absolute Gasteiger partial charge is 0.293 e. The Kier molecular flexibility index (Phi) is 6.22. The number of hydrogen-bond donors (Lipinski definition) is 0. The molecule has 0 spiro atoms. The number of ether oxygens (including phenoxy) is 2. The van der Waals surface area contributed by atoms with Crippen LogP contribution >= 0.6 is 0 Å². The summed E-state index contributed by atoms with van der Waals surface area (Å²) in [5.41, 5.74) is 0.365. The molecule has 0 saturated carbocycles. The van der Waals surface area contributed by atoms with Crippen LogP contribution in [0.1, 0.15) is 10.4 Å². The molecule has 1 aliphatic heterocycles. The molecule has 2 aromatic rings. The second-order valence-corrected chi connectivity index (χ2v) is 8.44. The minimum atomic E-state index is -3.86. The third-order valence-electron chi connectivity index (χ3n) is 4.90. The molecule has 30 heavy (non-hydrogen) atoms. The molecule has 11 heteroatoms. The summed E-state index contributed by atoms with van der Waals surface area (Å²) in [6.45, 7) is 0.782. The second-order valence-electron chi connectivity index (χ2n) is 6.53. The van der Waals surface area contributed by atoms with Gasteiger partial charge in [0.1, 0.15) is 28.4 Å². The molecule has 0 radical (unpaired) electrons. The summed E-state index contributed by atoms with van der Waals surface area (Å²) in [6, 6.07) is 8.77. The van der Waals surface area contributed by atoms with Crippen LogP contribution in [0.3, 0.4) is 0 Å². The van der Waals surface area contributed by atoms with Gasteiger partial charge in [0.2, 0.25) is 10.0 Å². The Morgan fingerprint density at radius 3 is 2.30 bits per heavy atom. The molecule has 0 amide bonds. The van der Waals surface area contributed by atoms with Gasteiger partial charge in [0.25, 0.3) is 5.69 Å². The molecule has 10 nitrogen and oxygen atoms in total. The van der Waals surface area contributed by atoms with E-state index < -0.39 is 14.9 Å². The van der Waals surface area contributed by atoms with Gasteiger partial charge < -0.3 is 14.4 Å². The molecule has 160 valence electrons. The molecule has 2 aromatic carbocycles. The van der Waals surface area contributed by atoms with Crippen molar-refractivity contribution in [3.63, 3.8) is 0 Å². The van der Waals surface area contributed by atoms with Gasteiger partial charge in [-0.15, -0.1) is 0 Å². The molecule has 1 saturated heterocycles. The zero-order chi connectivity index (χ0) is 21.9. The Labute approximate surface area is 173 Å². The molecule has 0 unspecified atom stereocenters. The highest BCUT2D eigenvalue weighted by Crippen LogP contribution is 2.33. The summed E-state index contributed by atoms with van der Waals surface area (Å²) in [6.07, 6.45) is 0.544. The number of anilines is 1. The van der Waals surface area contributed by atoms with Crippen molar-refractivity contribution in [2.45, 2.75) is 4.90 Å². The number of rotatable bonds is 7. The average Bonchev–Trinajstić information content (AvgIpc) is 2.78. The van der Waals surface area contributed by atoms with Crippen molar-refractivity contribution in [2.24, 2.45) is 0 Å². The highest BCUT2D eigenvalue weighted by molar-refractivity contribution is 7.89. The zero-order valence-corrected chi connectivity index (χ0v) is 17.3. The van der Waals surface area contributed by atoms with E-state index in [-0.39, 0.29) is 48.1 Å². The summed E-state index contributed by atoms with van der Waals surface area (Å²) in [5.74, 6) is 0.595. The number of hydrogen-bond acceptors (Lipinski definition) is 8. The van der Waals surface area contributed by atoms with Crippen LogP contribution in [0, 0.1) is 10.1 Å². The fourth-order valence-electron chi connectivity index (χ4n) is 3.32. The highest BCUT2D eigenvalue weighted by Gasteiger charge is 2.33. The molecule has 0 aliphatic carbocycles. The molecular weight excluding hydrogens is 414 g/mol. The van der Waals surface area contributed by atoms with Crippen molar-refractivity contribution in [2.75, 3.05) is 45.3 Å². The predicted molar refractivity (Wildman–Crippen MR) is 109 cm³/mol. The first-order valence-electron chi connectivity index (χ1n) is 9.02. The van der Waals surface area contributed by atoms with Crippen LogP contribution in [0.4, 0.5) is 11.4 Å². The van der Waals surface area contributed by atoms with Crippen molar-refractivity contribution < 1.29 is 27.6 Å². The minimum absolute atomic E-state index is 0.000818. The van der Waals surface area contributed by atoms with E-state index in [1.807, 2.05) is 0 Å². The number of sulfonamides is 1. The van der Waals surface area contributed by atoms with Gasteiger partial charge in [-0.1, -0.05) is 0 Å². The number of carbonyl (C=O) groups excluding carboxylic acids is 1. The fraction of sp³-hybridized carbons (Fsp3) is 0.316. The second kappa shape index (κ2) is 8.67. The average molecular weight is 435 g/mol. The normalized spacial score (nSPS) is 14.9. The lowest BCUT2D eigenvalue weighted by Gasteiger charge is -2.35. The zero-order valence-electron chi connectivity index (χ0n) is 16.5. The SMILES string of the molecule is COc1ccc(OC)c(S(=O)(=O)N2CCN(c3ccc(C=O)cc3[N+](=O)[O-])CC2)c1. The number of benzene rings is 2. The van der Waals surface area contributed by atoms with E-state index in [2.05, 4.69) is 0 Å². The van der Waals surface area contributed by atoms with E-state index in [1.54, 1.807) is 11.0 Å². The van der Waals surface area contributed by atoms with Crippen LogP contribution in [0.25, 0.3) is 0 Å². The van der Waals surface area contributed by atoms with Gasteiger partial charge in [-0.2, -0.15) is 4.31 Å². The number of nitrogens with zero attached hydrogens (tertiary/aromatic N) is 3. The summed E-state index contributed by atoms with van der Waals surface area (Å²) in [4.78, 5) is 23.5. The predicted octanol–water partition coefficient (Wildman–Crippen LogP) is 1.94. The maximum absolute atomic E-state index is 13.2. The largest absolute Gasteiger partial charge is 0.497 e. The van der Waals surface area contributed by atoms with Crippen molar-refractivity contribution in [3.8, 4) is 11.5 Å². The van der Waals surface area contributed by atoms with Crippen LogP contribution in [0.2, 0.25) is 0 Å². The third kappa shape index (κ3) is 4.07. The number of methoxy groups -OCH3 is 2. The maximum Gasteiger partial charge on any atom is 0.293 e. The Bertz CT molecular complexity index is 1060. The Morgan fingerprint density at radius 2 is 1.73 bits per heavy atom. The summed E-state index contributed by atoms with van der Waals surface area (Å²) < 4.78 is 38.0. The first-order valence-corrected chi connectivity index (χ1v) is 10.5. The standard InChI is InChI=1S/C19H21N3O7S/c1-28-15-4-6-18(29-2)19(12-15)30(26,27)21-9-7-20(8-10-21)16-5-3-14(13-23)11-17(16)22(24)25/h3-6,11-13H,7-10H2,1-2H3. The topological polar surface area (TPSA) is 119 Å². The van der Waals surface area contributed by atoms with E-state index in [9.17, 15) is 23.3 Å². The fourth-order valence-corrected chi connectivity index (χ4v) is 4.91. The van der Waals surface area contributed by atoms with Gasteiger partial charge in [-0.25, -0.2) is 8.42 Å². The first kappa shape index (κ1) is 21.5. The van der Waals surface area contributed by atoms with Gasteiger partial charge in [0.05, 0.1) is 19.1 Å². The van der Waals surface area contributed by atoms with E-state index in [0.29, 0.717) is 17.7 Å². The maximum atomic E-state index is 13.2. The molecule has 0 aromatic heterocycles. The molecule has 1 aliphatic rings. The first-order chi connectivity index (χ1) is 14.3. The van der Waals surface area contributed by atoms with E-state index in [1.165, 1.54) is 48.9 Å². The molecule has 0 N–H and O–H groups in total. The van der Waals surface area contributed by atoms with Crippen LogP contribution in [-0.2, 0) is 10.0 Å². The molecule has 0 bridgehead atoms. The number of nitro groups is 1. The van der Waals surface area contributed by atoms with Crippen LogP contribution in [0.15, 0.2) is 41.3 Å². The summed E-state index contributed by atoms with van der Waals surface area (Å²) in [7, 11) is -1.02. The van der Waals surface area contributed by atoms with Gasteiger partial charge in [-0.3, -0.25) is 14.9 Å². The molecule has 1 heterocycles. The van der Waals surface area contributed by atoms with Crippen molar-refractivity contribution in [1.82, 2.24) is 4.31 Å². The summed E-state index contributed by atoms with van der Waals surface area (Å²) in [5, 5.41) is 11.4. The van der Waals surface area contributed by atoms with Gasteiger partial charge in [-0.05, 0) is 24.3 Å². The van der Waals surface area contributed by atoms with Crippen molar-refractivity contribution in [3.05, 3.63) is 52.1 Å². The van der Waals surface area contributed by atoms with Gasteiger partial charge in [0.15, 0.2) is 0 Å². The quantitative estimate of drug-likeness (QED) is 0.368. The molecule has 1 fully saturated rings. The van der Waals surface area contributed by atoms with Crippen LogP contribution in [0.5, 0.6) is 11.5 Å². The molecule has 0 atom stereocenters. The minimum Gasteiger partial charge on any atom is -0.497 e. The Morgan fingerprint density at radius 1 is 1.03 bits per heavy atom. The van der Waals surface area contributed by atoms with Crippen LogP contribution in [-0.4, -0.2) is 64.3 Å². The highest BCUT2D eigenvalue weighted by atomic mass is 32.2. The molecular formula is C19H21N3O7S. The number of carbonyl (C=O) groups is 1. The van der Waals surface area contributed by atoms with Crippen molar-refractivity contribution >= 4 is 27.7 Å². The van der Waals surface area contributed by atoms with Crippen LogP contribution < -0.4 is 14.4 Å². The Balaban J connectivity index is 1.84. The monoisotopic (exact) mass is 435 g/mol. The number of aldehydes is 1. The number of piperazine rings is 1. The molecule has 3 rings (SSSR count). The summed E-state index contributed by atoms with van der Waals surface area (Å²) >= 11 is 0. The Hall–Kier alpha value is -3.18.